The van der Waals surface area contributed by atoms with Gasteiger partial charge in [0, 0.05) is 12.7 Å². The van der Waals surface area contributed by atoms with E-state index in [1.807, 2.05) is 30.3 Å². The molecule has 1 atom stereocenters. The maximum absolute atomic E-state index is 14.3. The minimum atomic E-state index is -0.826. The molecular formula is C20H24FN6O2+. The van der Waals surface area contributed by atoms with E-state index in [-0.39, 0.29) is 11.6 Å². The standard InChI is InChI=1S/C20H23FN6O2/c1-23-10-17-15(22)8-9-16(20(29)26(17)2)24-19(28)18-14(21)12-27(25-18)11-13-6-4-3-5-7-13/h3-7,10,12,16H,8-9,11,22H2,1-2H3,(H,24,28)/p+1/t16-/m1/s1. The van der Waals surface area contributed by atoms with E-state index >= 15 is 0 Å². The van der Waals surface area contributed by atoms with E-state index in [0.29, 0.717) is 30.8 Å². The van der Waals surface area contributed by atoms with E-state index in [1.165, 1.54) is 15.8 Å². The van der Waals surface area contributed by atoms with Crippen LogP contribution in [0, 0.1) is 5.82 Å². The predicted octanol–water partition coefficient (Wildman–Crippen LogP) is -0.627. The van der Waals surface area contributed by atoms with E-state index in [4.69, 9.17) is 5.73 Å². The van der Waals surface area contributed by atoms with Crippen LogP contribution < -0.4 is 16.0 Å². The normalized spacial score (nSPS) is 17.7. The number of allylic oxidation sites excluding steroid dienone is 2. The number of hydrogen-bond acceptors (Lipinski definition) is 4. The predicted molar refractivity (Wildman–Crippen MR) is 105 cm³/mol. The highest BCUT2D eigenvalue weighted by atomic mass is 19.1. The summed E-state index contributed by atoms with van der Waals surface area (Å²) in [5.41, 5.74) is 7.71. The summed E-state index contributed by atoms with van der Waals surface area (Å²) in [4.78, 5) is 29.6. The van der Waals surface area contributed by atoms with Crippen molar-refractivity contribution in [1.29, 1.82) is 0 Å². The summed E-state index contributed by atoms with van der Waals surface area (Å²) < 4.78 is 15.7. The maximum atomic E-state index is 14.3. The highest BCUT2D eigenvalue weighted by molar-refractivity contribution is 5.97. The molecule has 9 heteroatoms. The molecule has 0 spiro atoms. The van der Waals surface area contributed by atoms with Gasteiger partial charge in [0.25, 0.3) is 5.91 Å². The molecule has 1 aliphatic rings. The topological polar surface area (TPSA) is 107 Å². The fourth-order valence-corrected chi connectivity index (χ4v) is 3.21. The molecule has 0 unspecified atom stereocenters. The maximum Gasteiger partial charge on any atom is 0.275 e. The lowest BCUT2D eigenvalue weighted by molar-refractivity contribution is -0.414. The van der Waals surface area contributed by atoms with Gasteiger partial charge < -0.3 is 16.0 Å². The summed E-state index contributed by atoms with van der Waals surface area (Å²) in [7, 11) is 3.29. The van der Waals surface area contributed by atoms with Gasteiger partial charge in [-0.05, 0) is 18.4 Å². The number of likely N-dealkylation sites (N-methyl/N-ethyl adjacent to an activating group) is 1. The van der Waals surface area contributed by atoms with Crippen LogP contribution in [0.25, 0.3) is 0 Å². The van der Waals surface area contributed by atoms with E-state index in [0.717, 1.165) is 5.56 Å². The molecule has 29 heavy (non-hydrogen) atoms. The number of rotatable bonds is 5. The Morgan fingerprint density at radius 3 is 2.83 bits per heavy atom. The van der Waals surface area contributed by atoms with Gasteiger partial charge in [-0.25, -0.2) is 9.38 Å². The van der Waals surface area contributed by atoms with Gasteiger partial charge in [-0.2, -0.15) is 5.10 Å². The van der Waals surface area contributed by atoms with Crippen LogP contribution in [0.3, 0.4) is 0 Å². The quantitative estimate of drug-likeness (QED) is 0.582. The summed E-state index contributed by atoms with van der Waals surface area (Å²) in [6, 6.07) is 8.57. The van der Waals surface area contributed by atoms with Crippen molar-refractivity contribution >= 4 is 18.0 Å². The third kappa shape index (κ3) is 4.50. The first-order valence-electron chi connectivity index (χ1n) is 9.25. The molecule has 0 radical (unpaired) electrons. The van der Waals surface area contributed by atoms with Crippen LogP contribution in [-0.2, 0) is 11.3 Å². The highest BCUT2D eigenvalue weighted by Gasteiger charge is 2.31. The third-order valence-corrected chi connectivity index (χ3v) is 4.73. The first kappa shape index (κ1) is 20.2. The van der Waals surface area contributed by atoms with E-state index in [2.05, 4.69) is 15.4 Å². The lowest BCUT2D eigenvalue weighted by Crippen LogP contribution is -2.64. The molecule has 0 aliphatic carbocycles. The Hall–Kier alpha value is -3.49. The fraction of sp³-hybridized carbons (Fsp3) is 0.300. The van der Waals surface area contributed by atoms with Crippen molar-refractivity contribution in [2.24, 2.45) is 5.73 Å². The number of nitrogens with one attached hydrogen (secondary N) is 2. The molecule has 0 fully saturated rings. The van der Waals surface area contributed by atoms with Crippen molar-refractivity contribution in [2.75, 3.05) is 14.1 Å². The van der Waals surface area contributed by atoms with Crippen molar-refractivity contribution < 1.29 is 19.0 Å². The van der Waals surface area contributed by atoms with Gasteiger partial charge in [0.1, 0.15) is 18.8 Å². The van der Waals surface area contributed by atoms with Crippen molar-refractivity contribution in [3.8, 4) is 0 Å². The lowest BCUT2D eigenvalue weighted by Gasteiger charge is -2.21. The molecule has 2 amide bonds. The van der Waals surface area contributed by atoms with Crippen LogP contribution in [0.4, 0.5) is 4.39 Å². The summed E-state index contributed by atoms with van der Waals surface area (Å²) in [5.74, 6) is -1.81. The number of hydrogen-bond donors (Lipinski definition) is 3. The summed E-state index contributed by atoms with van der Waals surface area (Å²) in [6.07, 6.45) is 3.53. The molecule has 1 aromatic heterocycles. The lowest BCUT2D eigenvalue weighted by atomic mass is 10.1. The number of carbonyl (C=O) groups excluding carboxylic acids is 2. The van der Waals surface area contributed by atoms with Crippen LogP contribution >= 0.6 is 0 Å². The second-order valence-electron chi connectivity index (χ2n) is 6.81. The van der Waals surface area contributed by atoms with E-state index < -0.39 is 17.8 Å². The number of aromatic nitrogens is 2. The molecule has 1 aromatic carbocycles. The molecule has 8 nitrogen and oxygen atoms in total. The van der Waals surface area contributed by atoms with Gasteiger partial charge in [0.15, 0.2) is 17.7 Å². The molecule has 0 saturated heterocycles. The first-order valence-corrected chi connectivity index (χ1v) is 9.25. The van der Waals surface area contributed by atoms with Crippen LogP contribution in [0.1, 0.15) is 28.9 Å². The van der Waals surface area contributed by atoms with Gasteiger partial charge in [0.05, 0.1) is 12.7 Å². The van der Waals surface area contributed by atoms with Crippen molar-refractivity contribution in [3.05, 3.63) is 65.0 Å². The van der Waals surface area contributed by atoms with Crippen molar-refractivity contribution in [1.82, 2.24) is 20.0 Å². The van der Waals surface area contributed by atoms with Gasteiger partial charge in [-0.3, -0.25) is 14.3 Å². The van der Waals surface area contributed by atoms with Gasteiger partial charge in [-0.15, -0.1) is 0 Å². The van der Waals surface area contributed by atoms with Crippen LogP contribution in [0.2, 0.25) is 0 Å². The minimum absolute atomic E-state index is 0.314. The zero-order valence-corrected chi connectivity index (χ0v) is 16.4. The zero-order valence-electron chi connectivity index (χ0n) is 16.4. The number of halogens is 1. The van der Waals surface area contributed by atoms with Crippen molar-refractivity contribution in [2.45, 2.75) is 25.4 Å². The average molecular weight is 399 g/mol. The Balaban J connectivity index is 1.73. The van der Waals surface area contributed by atoms with Gasteiger partial charge in [0.2, 0.25) is 5.91 Å². The minimum Gasteiger partial charge on any atom is -0.400 e. The molecule has 0 bridgehead atoms. The largest absolute Gasteiger partial charge is 0.400 e. The average Bonchev–Trinajstić information content (AvgIpc) is 3.04. The second-order valence-corrected chi connectivity index (χ2v) is 6.81. The highest BCUT2D eigenvalue weighted by Crippen LogP contribution is 2.18. The Kier molecular flexibility index (Phi) is 6.06. The SMILES string of the molecule is C[NH+]=CC1=C(N)CC[C@@H](NC(=O)c2nn(Cc3ccccc3)cc2F)C(=O)N1C. The molecular weight excluding hydrogens is 375 g/mol. The number of nitrogens with two attached hydrogens (primary N) is 1. The Morgan fingerprint density at radius 2 is 2.14 bits per heavy atom. The summed E-state index contributed by atoms with van der Waals surface area (Å²) >= 11 is 0. The van der Waals surface area contributed by atoms with E-state index in [1.54, 1.807) is 20.3 Å². The van der Waals surface area contributed by atoms with E-state index in [9.17, 15) is 14.0 Å². The van der Waals surface area contributed by atoms with Crippen molar-refractivity contribution in [3.63, 3.8) is 0 Å². The molecule has 2 aromatic rings. The fourth-order valence-electron chi connectivity index (χ4n) is 3.21. The summed E-state index contributed by atoms with van der Waals surface area (Å²) in [6.45, 7) is 0.333. The van der Waals surface area contributed by atoms with Gasteiger partial charge >= 0.3 is 0 Å². The Bertz CT molecular complexity index is 967. The zero-order chi connectivity index (χ0) is 21.0. The molecule has 3 rings (SSSR count). The number of benzene rings is 1. The number of nitrogens with zero attached hydrogens (tertiary/aromatic N) is 3. The first-order chi connectivity index (χ1) is 13.9. The molecule has 2 heterocycles. The Labute approximate surface area is 167 Å². The summed E-state index contributed by atoms with van der Waals surface area (Å²) in [5, 5.41) is 6.64. The second kappa shape index (κ2) is 8.68. The smallest absolute Gasteiger partial charge is 0.275 e. The van der Waals surface area contributed by atoms with Crippen LogP contribution in [-0.4, -0.2) is 52.8 Å². The van der Waals surface area contributed by atoms with Gasteiger partial charge in [-0.1, -0.05) is 30.3 Å². The Morgan fingerprint density at radius 1 is 1.41 bits per heavy atom. The third-order valence-electron chi connectivity index (χ3n) is 4.73. The molecule has 0 saturated carbocycles. The molecule has 1 aliphatic heterocycles. The number of carbonyl (C=O) groups is 2. The van der Waals surface area contributed by atoms with Crippen LogP contribution in [0.15, 0.2) is 47.9 Å². The molecule has 152 valence electrons. The number of amides is 2. The molecule has 4 N–H and O–H groups in total. The van der Waals surface area contributed by atoms with Crippen LogP contribution in [0.5, 0.6) is 0 Å². The monoisotopic (exact) mass is 399 g/mol.